The Bertz CT molecular complexity index is 927. The van der Waals surface area contributed by atoms with E-state index in [1.54, 1.807) is 0 Å². The van der Waals surface area contributed by atoms with Gasteiger partial charge in [-0.1, -0.05) is 19.1 Å². The molecule has 0 spiro atoms. The molecule has 2 aromatic carbocycles. The van der Waals surface area contributed by atoms with Crippen LogP contribution in [-0.2, 0) is 21.1 Å². The van der Waals surface area contributed by atoms with Gasteiger partial charge < -0.3 is 4.74 Å². The van der Waals surface area contributed by atoms with E-state index in [1.165, 1.54) is 31.2 Å². The molecule has 0 bridgehead atoms. The van der Waals surface area contributed by atoms with Crippen LogP contribution in [0.5, 0.6) is 5.75 Å². The van der Waals surface area contributed by atoms with Gasteiger partial charge >= 0.3 is 5.97 Å². The summed E-state index contributed by atoms with van der Waals surface area (Å²) in [5.41, 5.74) is 0.217. The predicted molar refractivity (Wildman–Crippen MR) is 79.7 cm³/mol. The van der Waals surface area contributed by atoms with Crippen molar-refractivity contribution in [3.8, 4) is 5.75 Å². The number of carbonyl (C=O) groups excluding carboxylic acids is 1. The van der Waals surface area contributed by atoms with Crippen molar-refractivity contribution in [2.75, 3.05) is 5.75 Å². The van der Waals surface area contributed by atoms with Gasteiger partial charge in [-0.05, 0) is 17.7 Å². The van der Waals surface area contributed by atoms with Crippen LogP contribution in [0, 0.1) is 29.1 Å². The maximum Gasteiger partial charge on any atom is 0.315 e. The van der Waals surface area contributed by atoms with Crippen molar-refractivity contribution in [2.45, 2.75) is 18.2 Å². The van der Waals surface area contributed by atoms with Crippen LogP contribution in [0.4, 0.5) is 22.0 Å². The van der Waals surface area contributed by atoms with Crippen molar-refractivity contribution in [2.24, 2.45) is 0 Å². The number of hydrogen-bond donors (Lipinski definition) is 0. The molecule has 0 amide bonds. The molecule has 0 aliphatic heterocycles. The summed E-state index contributed by atoms with van der Waals surface area (Å²) >= 11 is 0. The fourth-order valence-electron chi connectivity index (χ4n) is 1.97. The van der Waals surface area contributed by atoms with Gasteiger partial charge in [-0.25, -0.2) is 21.6 Å². The van der Waals surface area contributed by atoms with Gasteiger partial charge in [-0.3, -0.25) is 4.79 Å². The van der Waals surface area contributed by atoms with E-state index in [2.05, 4.69) is 4.74 Å². The number of carbonyl (C=O) groups is 1. The Kier molecular flexibility index (Phi) is 5.65. The fraction of sp³-hybridized carbons (Fsp3) is 0.188. The van der Waals surface area contributed by atoms with Crippen molar-refractivity contribution in [1.82, 2.24) is 0 Å². The van der Waals surface area contributed by atoms with Crippen molar-refractivity contribution in [3.63, 3.8) is 0 Å². The normalized spacial score (nSPS) is 11.5. The van der Waals surface area contributed by atoms with Crippen LogP contribution in [0.25, 0.3) is 0 Å². The molecule has 26 heavy (non-hydrogen) atoms. The third-order valence-corrected chi connectivity index (χ3v) is 5.15. The first-order valence-electron chi connectivity index (χ1n) is 7.12. The highest BCUT2D eigenvalue weighted by Crippen LogP contribution is 2.29. The minimum Gasteiger partial charge on any atom is -0.420 e. The lowest BCUT2D eigenvalue weighted by Crippen LogP contribution is -2.15. The Labute approximate surface area is 145 Å². The molecular weight excluding hydrogens is 383 g/mol. The average Bonchev–Trinajstić information content (AvgIpc) is 2.62. The maximum absolute atomic E-state index is 13.5. The standard InChI is InChI=1S/C16H11F5O4S/c1-2-26(23,24)9-5-3-8(4-6-9)7-10(22)25-16-14(20)12(18)11(17)13(19)15(16)21/h3-6H,2,7H2,1H3. The van der Waals surface area contributed by atoms with Crippen LogP contribution in [0.3, 0.4) is 0 Å². The molecule has 0 atom stereocenters. The molecule has 0 saturated carbocycles. The molecule has 4 nitrogen and oxygen atoms in total. The Morgan fingerprint density at radius 3 is 1.81 bits per heavy atom. The van der Waals surface area contributed by atoms with Crippen LogP contribution >= 0.6 is 0 Å². The molecule has 0 aliphatic carbocycles. The largest absolute Gasteiger partial charge is 0.420 e. The minimum absolute atomic E-state index is 0.0110. The number of rotatable bonds is 5. The Morgan fingerprint density at radius 1 is 0.885 bits per heavy atom. The van der Waals surface area contributed by atoms with E-state index in [9.17, 15) is 35.2 Å². The first kappa shape index (κ1) is 19.8. The second kappa shape index (κ2) is 7.40. The van der Waals surface area contributed by atoms with Crippen molar-refractivity contribution in [3.05, 3.63) is 58.9 Å². The lowest BCUT2D eigenvalue weighted by molar-refractivity contribution is -0.134. The van der Waals surface area contributed by atoms with Crippen LogP contribution in [0.2, 0.25) is 0 Å². The van der Waals surface area contributed by atoms with Gasteiger partial charge in [0, 0.05) is 0 Å². The zero-order valence-electron chi connectivity index (χ0n) is 13.2. The van der Waals surface area contributed by atoms with Gasteiger partial charge in [0.1, 0.15) is 0 Å². The lowest BCUT2D eigenvalue weighted by Gasteiger charge is -2.09. The van der Waals surface area contributed by atoms with Gasteiger partial charge in [0.2, 0.25) is 34.8 Å². The molecule has 2 rings (SSSR count). The number of benzene rings is 2. The zero-order chi connectivity index (χ0) is 19.6. The molecule has 0 aliphatic rings. The van der Waals surface area contributed by atoms with Gasteiger partial charge in [0.05, 0.1) is 17.1 Å². The van der Waals surface area contributed by atoms with E-state index >= 15 is 0 Å². The summed E-state index contributed by atoms with van der Waals surface area (Å²) in [6, 6.07) is 4.98. The third-order valence-electron chi connectivity index (χ3n) is 3.40. The van der Waals surface area contributed by atoms with E-state index in [0.717, 1.165) is 0 Å². The highest BCUT2D eigenvalue weighted by atomic mass is 32.2. The predicted octanol–water partition coefficient (Wildman–Crippen LogP) is 3.32. The van der Waals surface area contributed by atoms with E-state index in [1.807, 2.05) is 0 Å². The highest BCUT2D eigenvalue weighted by Gasteiger charge is 2.28. The Balaban J connectivity index is 2.20. The minimum atomic E-state index is -3.45. The highest BCUT2D eigenvalue weighted by molar-refractivity contribution is 7.91. The van der Waals surface area contributed by atoms with Crippen molar-refractivity contribution >= 4 is 15.8 Å². The topological polar surface area (TPSA) is 60.4 Å². The summed E-state index contributed by atoms with van der Waals surface area (Å²) < 4.78 is 93.6. The van der Waals surface area contributed by atoms with Crippen LogP contribution < -0.4 is 4.74 Å². The zero-order valence-corrected chi connectivity index (χ0v) is 14.0. The molecule has 0 N–H and O–H groups in total. The molecule has 0 saturated heterocycles. The summed E-state index contributed by atoms with van der Waals surface area (Å²) in [4.78, 5) is 11.7. The molecule has 0 aromatic heterocycles. The molecule has 2 aromatic rings. The molecule has 0 fully saturated rings. The smallest absolute Gasteiger partial charge is 0.315 e. The Hall–Kier alpha value is -2.49. The third kappa shape index (κ3) is 3.85. The average molecular weight is 394 g/mol. The summed E-state index contributed by atoms with van der Waals surface area (Å²) in [7, 11) is -3.45. The number of esters is 1. The number of sulfone groups is 1. The second-order valence-electron chi connectivity index (χ2n) is 5.10. The molecule has 140 valence electrons. The van der Waals surface area contributed by atoms with Crippen LogP contribution in [-0.4, -0.2) is 20.1 Å². The lowest BCUT2D eigenvalue weighted by atomic mass is 10.1. The second-order valence-corrected chi connectivity index (χ2v) is 7.38. The molecule has 0 unspecified atom stereocenters. The summed E-state index contributed by atoms with van der Waals surface area (Å²) in [6.07, 6.45) is -0.577. The van der Waals surface area contributed by atoms with E-state index in [-0.39, 0.29) is 16.2 Å². The SMILES string of the molecule is CCS(=O)(=O)c1ccc(CC(=O)Oc2c(F)c(F)c(F)c(F)c2F)cc1. The summed E-state index contributed by atoms with van der Waals surface area (Å²) in [6.45, 7) is 1.45. The Morgan fingerprint density at radius 2 is 1.35 bits per heavy atom. The van der Waals surface area contributed by atoms with Crippen molar-refractivity contribution in [1.29, 1.82) is 0 Å². The fourth-order valence-corrected chi connectivity index (χ4v) is 2.86. The molecular formula is C16H11F5O4S. The van der Waals surface area contributed by atoms with E-state index < -0.39 is 57.1 Å². The number of ether oxygens (including phenoxy) is 1. The monoisotopic (exact) mass is 394 g/mol. The van der Waals surface area contributed by atoms with E-state index in [0.29, 0.717) is 0 Å². The van der Waals surface area contributed by atoms with Gasteiger partial charge in [0.25, 0.3) is 0 Å². The van der Waals surface area contributed by atoms with Crippen LogP contribution in [0.15, 0.2) is 29.2 Å². The van der Waals surface area contributed by atoms with Gasteiger partial charge in [-0.15, -0.1) is 0 Å². The number of halogens is 5. The van der Waals surface area contributed by atoms with Crippen molar-refractivity contribution < 1.29 is 39.9 Å². The first-order valence-corrected chi connectivity index (χ1v) is 8.77. The molecule has 10 heteroatoms. The maximum atomic E-state index is 13.5. The molecule has 0 heterocycles. The van der Waals surface area contributed by atoms with Gasteiger partial charge in [-0.2, -0.15) is 8.78 Å². The van der Waals surface area contributed by atoms with Crippen LogP contribution in [0.1, 0.15) is 12.5 Å². The number of hydrogen-bond acceptors (Lipinski definition) is 4. The van der Waals surface area contributed by atoms with Gasteiger partial charge in [0.15, 0.2) is 9.84 Å². The van der Waals surface area contributed by atoms with E-state index in [4.69, 9.17) is 0 Å². The first-order chi connectivity index (χ1) is 12.1. The summed E-state index contributed by atoms with van der Waals surface area (Å²) in [5, 5.41) is 0. The quantitative estimate of drug-likeness (QED) is 0.257. The summed E-state index contributed by atoms with van der Waals surface area (Å²) in [5.74, 6) is -14.5. The molecule has 0 radical (unpaired) electrons.